The summed E-state index contributed by atoms with van der Waals surface area (Å²) in [6.45, 7) is 7.92. The summed E-state index contributed by atoms with van der Waals surface area (Å²) in [4.78, 5) is 2.38. The first kappa shape index (κ1) is 8.97. The second kappa shape index (κ2) is 4.04. The lowest BCUT2D eigenvalue weighted by molar-refractivity contribution is -0.0301. The van der Waals surface area contributed by atoms with E-state index in [9.17, 15) is 0 Å². The van der Waals surface area contributed by atoms with Crippen LogP contribution in [0.15, 0.2) is 0 Å². The van der Waals surface area contributed by atoms with Gasteiger partial charge in [0, 0.05) is 25.7 Å². The predicted molar refractivity (Wildman–Crippen MR) is 45.5 cm³/mol. The van der Waals surface area contributed by atoms with Gasteiger partial charge in [-0.05, 0) is 13.8 Å². The molecule has 11 heavy (non-hydrogen) atoms. The summed E-state index contributed by atoms with van der Waals surface area (Å²) >= 11 is 0. The average molecular weight is 158 g/mol. The van der Waals surface area contributed by atoms with Crippen molar-refractivity contribution in [2.45, 2.75) is 26.0 Å². The molecule has 0 aromatic carbocycles. The third-order valence-electron chi connectivity index (χ3n) is 2.24. The van der Waals surface area contributed by atoms with E-state index in [-0.39, 0.29) is 0 Å². The van der Waals surface area contributed by atoms with Crippen molar-refractivity contribution in [1.82, 2.24) is 4.90 Å². The van der Waals surface area contributed by atoms with Gasteiger partial charge in [-0.1, -0.05) is 0 Å². The Morgan fingerprint density at radius 1 is 1.73 bits per heavy atom. The normalized spacial score (nSPS) is 30.3. The van der Waals surface area contributed by atoms with Crippen LogP contribution in [0.1, 0.15) is 13.8 Å². The molecule has 0 bridgehead atoms. The van der Waals surface area contributed by atoms with Crippen molar-refractivity contribution in [2.75, 3.05) is 26.2 Å². The fourth-order valence-corrected chi connectivity index (χ4v) is 1.39. The average Bonchev–Trinajstić information content (AvgIpc) is 2.03. The van der Waals surface area contributed by atoms with Gasteiger partial charge in [-0.3, -0.25) is 4.90 Å². The molecule has 0 amide bonds. The molecule has 0 aromatic heterocycles. The molecular weight excluding hydrogens is 140 g/mol. The monoisotopic (exact) mass is 158 g/mol. The number of nitrogens with two attached hydrogens (primary N) is 1. The van der Waals surface area contributed by atoms with Crippen molar-refractivity contribution < 1.29 is 4.74 Å². The van der Waals surface area contributed by atoms with Crippen molar-refractivity contribution >= 4 is 0 Å². The minimum atomic E-state index is 0.373. The number of rotatable bonds is 2. The Labute approximate surface area is 68.5 Å². The van der Waals surface area contributed by atoms with Gasteiger partial charge in [0.15, 0.2) is 0 Å². The number of hydrogen-bond acceptors (Lipinski definition) is 3. The van der Waals surface area contributed by atoms with Gasteiger partial charge >= 0.3 is 0 Å². The zero-order chi connectivity index (χ0) is 8.27. The quantitative estimate of drug-likeness (QED) is 0.617. The third-order valence-corrected chi connectivity index (χ3v) is 2.24. The van der Waals surface area contributed by atoms with E-state index in [0.29, 0.717) is 12.1 Å². The second-order valence-corrected chi connectivity index (χ2v) is 3.26. The zero-order valence-electron chi connectivity index (χ0n) is 7.42. The topological polar surface area (TPSA) is 38.5 Å². The lowest BCUT2D eigenvalue weighted by Crippen LogP contribution is -2.48. The van der Waals surface area contributed by atoms with Crippen molar-refractivity contribution in [3.63, 3.8) is 0 Å². The molecule has 3 heteroatoms. The number of ether oxygens (including phenoxy) is 1. The number of hydrogen-bond donors (Lipinski definition) is 1. The molecule has 2 unspecified atom stereocenters. The summed E-state index contributed by atoms with van der Waals surface area (Å²) in [7, 11) is 0. The van der Waals surface area contributed by atoms with Crippen LogP contribution in [0.5, 0.6) is 0 Å². The Morgan fingerprint density at radius 2 is 2.45 bits per heavy atom. The largest absolute Gasteiger partial charge is 0.376 e. The summed E-state index contributed by atoms with van der Waals surface area (Å²) in [5, 5.41) is 0. The summed E-state index contributed by atoms with van der Waals surface area (Å²) in [5.74, 6) is 0. The van der Waals surface area contributed by atoms with E-state index >= 15 is 0 Å². The molecule has 2 N–H and O–H groups in total. The summed E-state index contributed by atoms with van der Waals surface area (Å²) in [6.07, 6.45) is 0.373. The second-order valence-electron chi connectivity index (χ2n) is 3.26. The van der Waals surface area contributed by atoms with Gasteiger partial charge in [0.05, 0.1) is 12.7 Å². The summed E-state index contributed by atoms with van der Waals surface area (Å²) in [6, 6.07) is 0.501. The summed E-state index contributed by atoms with van der Waals surface area (Å²) in [5.41, 5.74) is 5.57. The van der Waals surface area contributed by atoms with Crippen LogP contribution in [-0.4, -0.2) is 43.3 Å². The van der Waals surface area contributed by atoms with E-state index in [0.717, 1.165) is 26.2 Å². The lowest BCUT2D eigenvalue weighted by Gasteiger charge is -2.34. The van der Waals surface area contributed by atoms with E-state index < -0.39 is 0 Å². The van der Waals surface area contributed by atoms with Crippen molar-refractivity contribution in [3.05, 3.63) is 0 Å². The standard InChI is InChI=1S/C8H18N2O/c1-7(5-9)10-3-4-11-8(2)6-10/h7-8H,3-6,9H2,1-2H3. The molecule has 0 saturated carbocycles. The fourth-order valence-electron chi connectivity index (χ4n) is 1.39. The maximum Gasteiger partial charge on any atom is 0.0674 e. The Hall–Kier alpha value is -0.120. The first-order valence-electron chi connectivity index (χ1n) is 4.29. The van der Waals surface area contributed by atoms with Gasteiger partial charge in [0.2, 0.25) is 0 Å². The van der Waals surface area contributed by atoms with Gasteiger partial charge in [-0.25, -0.2) is 0 Å². The Morgan fingerprint density at radius 3 is 3.00 bits per heavy atom. The van der Waals surface area contributed by atoms with Crippen molar-refractivity contribution in [2.24, 2.45) is 5.73 Å². The zero-order valence-corrected chi connectivity index (χ0v) is 7.42. The van der Waals surface area contributed by atoms with Gasteiger partial charge in [0.1, 0.15) is 0 Å². The first-order chi connectivity index (χ1) is 5.24. The van der Waals surface area contributed by atoms with Crippen LogP contribution in [0.25, 0.3) is 0 Å². The number of nitrogens with zero attached hydrogens (tertiary/aromatic N) is 1. The predicted octanol–water partition coefficient (Wildman–Crippen LogP) is 0.0543. The first-order valence-corrected chi connectivity index (χ1v) is 4.29. The van der Waals surface area contributed by atoms with Gasteiger partial charge in [-0.2, -0.15) is 0 Å². The van der Waals surface area contributed by atoms with E-state index in [1.54, 1.807) is 0 Å². The number of morpholine rings is 1. The lowest BCUT2D eigenvalue weighted by atomic mass is 10.2. The van der Waals surface area contributed by atoms with E-state index in [1.165, 1.54) is 0 Å². The van der Waals surface area contributed by atoms with E-state index in [4.69, 9.17) is 10.5 Å². The van der Waals surface area contributed by atoms with E-state index in [1.807, 2.05) is 0 Å². The van der Waals surface area contributed by atoms with Crippen LogP contribution in [0, 0.1) is 0 Å². The molecular formula is C8H18N2O. The van der Waals surface area contributed by atoms with Crippen LogP contribution in [0.3, 0.4) is 0 Å². The van der Waals surface area contributed by atoms with Gasteiger partial charge in [-0.15, -0.1) is 0 Å². The van der Waals surface area contributed by atoms with Crippen LogP contribution < -0.4 is 5.73 Å². The van der Waals surface area contributed by atoms with E-state index in [2.05, 4.69) is 18.7 Å². The molecule has 1 rings (SSSR count). The Kier molecular flexibility index (Phi) is 3.30. The van der Waals surface area contributed by atoms with Crippen molar-refractivity contribution in [1.29, 1.82) is 0 Å². The molecule has 2 atom stereocenters. The molecule has 1 aliphatic rings. The van der Waals surface area contributed by atoms with Crippen LogP contribution in [0.4, 0.5) is 0 Å². The molecule has 1 heterocycles. The minimum Gasteiger partial charge on any atom is -0.376 e. The van der Waals surface area contributed by atoms with Gasteiger partial charge in [0.25, 0.3) is 0 Å². The molecule has 0 aliphatic carbocycles. The highest BCUT2D eigenvalue weighted by Gasteiger charge is 2.19. The molecule has 1 saturated heterocycles. The molecule has 66 valence electrons. The minimum absolute atomic E-state index is 0.373. The van der Waals surface area contributed by atoms with Crippen LogP contribution in [0.2, 0.25) is 0 Å². The molecule has 0 radical (unpaired) electrons. The Balaban J connectivity index is 2.33. The molecule has 1 aliphatic heterocycles. The fraction of sp³-hybridized carbons (Fsp3) is 1.00. The highest BCUT2D eigenvalue weighted by molar-refractivity contribution is 4.73. The molecule has 0 aromatic rings. The summed E-state index contributed by atoms with van der Waals surface area (Å²) < 4.78 is 5.42. The highest BCUT2D eigenvalue weighted by atomic mass is 16.5. The maximum absolute atomic E-state index is 5.57. The molecule has 3 nitrogen and oxygen atoms in total. The highest BCUT2D eigenvalue weighted by Crippen LogP contribution is 2.07. The van der Waals surface area contributed by atoms with Crippen LogP contribution >= 0.6 is 0 Å². The molecule has 0 spiro atoms. The smallest absolute Gasteiger partial charge is 0.0674 e. The van der Waals surface area contributed by atoms with Crippen LogP contribution in [-0.2, 0) is 4.74 Å². The van der Waals surface area contributed by atoms with Crippen molar-refractivity contribution in [3.8, 4) is 0 Å². The maximum atomic E-state index is 5.57. The SMILES string of the molecule is CC1CN(C(C)CN)CCO1. The van der Waals surface area contributed by atoms with Gasteiger partial charge < -0.3 is 10.5 Å². The molecule has 1 fully saturated rings. The third kappa shape index (κ3) is 2.43. The Bertz CT molecular complexity index is 119.